The van der Waals surface area contributed by atoms with E-state index in [0.29, 0.717) is 0 Å². The van der Waals surface area contributed by atoms with Gasteiger partial charge in [0, 0.05) is 18.8 Å². The Morgan fingerprint density at radius 1 is 1.00 bits per heavy atom. The van der Waals surface area contributed by atoms with E-state index in [-0.39, 0.29) is 31.1 Å². The number of para-hydroxylation sites is 1. The molecule has 0 radical (unpaired) electrons. The molecule has 1 aliphatic rings. The quantitative estimate of drug-likeness (QED) is 0.893. The standard InChI is InChI=1S/C19H17F3N2O3/c20-19(21,22)14-8-6-13(7-9-14)17(26)18(27)23-10-11-24(16(25)12-23)15-4-2-1-3-5-15/h1-9,17,26H,10-12H2/t17-/m1/s1. The van der Waals surface area contributed by atoms with E-state index in [1.165, 1.54) is 4.90 Å². The Hall–Kier alpha value is -2.87. The van der Waals surface area contributed by atoms with E-state index < -0.39 is 23.8 Å². The molecule has 0 aliphatic carbocycles. The number of hydrogen-bond donors (Lipinski definition) is 1. The number of benzene rings is 2. The van der Waals surface area contributed by atoms with Gasteiger partial charge >= 0.3 is 6.18 Å². The highest BCUT2D eigenvalue weighted by atomic mass is 19.4. The van der Waals surface area contributed by atoms with Crippen molar-refractivity contribution >= 4 is 17.5 Å². The van der Waals surface area contributed by atoms with Gasteiger partial charge in [0.2, 0.25) is 5.91 Å². The third-order valence-electron chi connectivity index (χ3n) is 4.39. The van der Waals surface area contributed by atoms with E-state index in [1.54, 1.807) is 29.2 Å². The molecule has 3 rings (SSSR count). The van der Waals surface area contributed by atoms with Gasteiger partial charge in [0.25, 0.3) is 5.91 Å². The lowest BCUT2D eigenvalue weighted by Gasteiger charge is -2.35. The zero-order valence-electron chi connectivity index (χ0n) is 14.2. The maximum atomic E-state index is 12.6. The maximum absolute atomic E-state index is 12.6. The molecule has 1 aliphatic heterocycles. The third kappa shape index (κ3) is 4.11. The number of carbonyl (C=O) groups excluding carboxylic acids is 2. The molecule has 1 atom stereocenters. The average molecular weight is 378 g/mol. The largest absolute Gasteiger partial charge is 0.416 e. The SMILES string of the molecule is O=C([C@H](O)c1ccc(C(F)(F)F)cc1)N1CCN(c2ccccc2)C(=O)C1. The van der Waals surface area contributed by atoms with Crippen molar-refractivity contribution in [2.75, 3.05) is 24.5 Å². The lowest BCUT2D eigenvalue weighted by atomic mass is 10.1. The summed E-state index contributed by atoms with van der Waals surface area (Å²) in [6.45, 7) is 0.289. The van der Waals surface area contributed by atoms with Gasteiger partial charge in [0.05, 0.1) is 5.56 Å². The number of hydrogen-bond acceptors (Lipinski definition) is 3. The first-order valence-electron chi connectivity index (χ1n) is 8.27. The fraction of sp³-hybridized carbons (Fsp3) is 0.263. The fourth-order valence-electron chi connectivity index (χ4n) is 2.91. The predicted octanol–water partition coefficient (Wildman–Crippen LogP) is 2.61. The van der Waals surface area contributed by atoms with Crippen LogP contribution in [-0.2, 0) is 15.8 Å². The number of aliphatic hydroxyl groups excluding tert-OH is 1. The minimum atomic E-state index is -4.49. The van der Waals surface area contributed by atoms with Crippen LogP contribution in [0.25, 0.3) is 0 Å². The van der Waals surface area contributed by atoms with Crippen LogP contribution in [-0.4, -0.2) is 41.5 Å². The molecule has 0 saturated carbocycles. The van der Waals surface area contributed by atoms with Gasteiger partial charge in [-0.1, -0.05) is 30.3 Å². The molecule has 0 aromatic heterocycles. The molecule has 0 bridgehead atoms. The zero-order valence-corrected chi connectivity index (χ0v) is 14.2. The third-order valence-corrected chi connectivity index (χ3v) is 4.39. The highest BCUT2D eigenvalue weighted by Crippen LogP contribution is 2.30. The second kappa shape index (κ2) is 7.40. The normalized spacial score (nSPS) is 16.4. The number of alkyl halides is 3. The fourth-order valence-corrected chi connectivity index (χ4v) is 2.91. The van der Waals surface area contributed by atoms with Crippen LogP contribution in [0.5, 0.6) is 0 Å². The van der Waals surface area contributed by atoms with Crippen LogP contribution in [0.3, 0.4) is 0 Å². The van der Waals surface area contributed by atoms with Crippen molar-refractivity contribution < 1.29 is 27.9 Å². The van der Waals surface area contributed by atoms with E-state index >= 15 is 0 Å². The van der Waals surface area contributed by atoms with Crippen molar-refractivity contribution in [2.24, 2.45) is 0 Å². The van der Waals surface area contributed by atoms with Crippen molar-refractivity contribution in [1.29, 1.82) is 0 Å². The average Bonchev–Trinajstić information content (AvgIpc) is 2.67. The molecule has 8 heteroatoms. The molecular formula is C19H17F3N2O3. The minimum absolute atomic E-state index is 0.0472. The summed E-state index contributed by atoms with van der Waals surface area (Å²) in [7, 11) is 0. The van der Waals surface area contributed by atoms with Gasteiger partial charge in [-0.3, -0.25) is 9.59 Å². The van der Waals surface area contributed by atoms with Crippen LogP contribution in [0, 0.1) is 0 Å². The summed E-state index contributed by atoms with van der Waals surface area (Å²) in [5, 5.41) is 10.2. The van der Waals surface area contributed by atoms with Crippen molar-refractivity contribution in [3.8, 4) is 0 Å². The van der Waals surface area contributed by atoms with Crippen molar-refractivity contribution in [1.82, 2.24) is 4.90 Å². The maximum Gasteiger partial charge on any atom is 0.416 e. The van der Waals surface area contributed by atoms with E-state index in [9.17, 15) is 27.9 Å². The lowest BCUT2D eigenvalue weighted by Crippen LogP contribution is -2.53. The summed E-state index contributed by atoms with van der Waals surface area (Å²) in [6.07, 6.45) is -6.11. The molecule has 1 saturated heterocycles. The first-order valence-corrected chi connectivity index (χ1v) is 8.27. The van der Waals surface area contributed by atoms with E-state index in [0.717, 1.165) is 30.0 Å². The smallest absolute Gasteiger partial charge is 0.378 e. The number of anilines is 1. The number of aliphatic hydroxyl groups is 1. The molecule has 2 aromatic rings. The van der Waals surface area contributed by atoms with E-state index in [2.05, 4.69) is 0 Å². The van der Waals surface area contributed by atoms with Crippen LogP contribution in [0.4, 0.5) is 18.9 Å². The molecule has 1 fully saturated rings. The number of rotatable bonds is 3. The van der Waals surface area contributed by atoms with Gasteiger partial charge in [0.1, 0.15) is 6.54 Å². The Kier molecular flexibility index (Phi) is 5.18. The van der Waals surface area contributed by atoms with Gasteiger partial charge in [-0.15, -0.1) is 0 Å². The van der Waals surface area contributed by atoms with E-state index in [4.69, 9.17) is 0 Å². The van der Waals surface area contributed by atoms with Gasteiger partial charge in [-0.25, -0.2) is 0 Å². The number of piperazine rings is 1. The topological polar surface area (TPSA) is 60.9 Å². The summed E-state index contributed by atoms with van der Waals surface area (Å²) in [4.78, 5) is 27.6. The van der Waals surface area contributed by atoms with Crippen LogP contribution in [0.1, 0.15) is 17.2 Å². The van der Waals surface area contributed by atoms with Crippen molar-refractivity contribution in [3.63, 3.8) is 0 Å². The zero-order chi connectivity index (χ0) is 19.6. The number of nitrogens with zero attached hydrogens (tertiary/aromatic N) is 2. The summed E-state index contributed by atoms with van der Waals surface area (Å²) in [6, 6.07) is 12.7. The van der Waals surface area contributed by atoms with Crippen LogP contribution in [0.15, 0.2) is 54.6 Å². The monoisotopic (exact) mass is 378 g/mol. The Bertz CT molecular complexity index is 822. The Morgan fingerprint density at radius 2 is 1.63 bits per heavy atom. The Labute approximate surface area is 153 Å². The molecular weight excluding hydrogens is 361 g/mol. The molecule has 142 valence electrons. The van der Waals surface area contributed by atoms with Crippen molar-refractivity contribution in [3.05, 3.63) is 65.7 Å². The summed E-state index contributed by atoms with van der Waals surface area (Å²) < 4.78 is 37.8. The minimum Gasteiger partial charge on any atom is -0.378 e. The number of carbonyl (C=O) groups is 2. The second-order valence-electron chi connectivity index (χ2n) is 6.16. The highest BCUT2D eigenvalue weighted by molar-refractivity contribution is 5.98. The summed E-state index contributed by atoms with van der Waals surface area (Å²) in [5.41, 5.74) is -0.0959. The van der Waals surface area contributed by atoms with Gasteiger partial charge in [0.15, 0.2) is 6.10 Å². The highest BCUT2D eigenvalue weighted by Gasteiger charge is 2.33. The molecule has 27 heavy (non-hydrogen) atoms. The molecule has 0 spiro atoms. The molecule has 5 nitrogen and oxygen atoms in total. The first-order chi connectivity index (χ1) is 12.8. The number of halogens is 3. The number of amides is 2. The van der Waals surface area contributed by atoms with Crippen LogP contribution < -0.4 is 4.90 Å². The van der Waals surface area contributed by atoms with Gasteiger partial charge < -0.3 is 14.9 Å². The molecule has 2 aromatic carbocycles. The first kappa shape index (κ1) is 18.9. The van der Waals surface area contributed by atoms with Crippen LogP contribution in [0.2, 0.25) is 0 Å². The lowest BCUT2D eigenvalue weighted by molar-refractivity contribution is -0.144. The Balaban J connectivity index is 1.67. The molecule has 1 N–H and O–H groups in total. The Morgan fingerprint density at radius 3 is 2.19 bits per heavy atom. The van der Waals surface area contributed by atoms with Crippen LogP contribution >= 0.6 is 0 Å². The second-order valence-corrected chi connectivity index (χ2v) is 6.16. The van der Waals surface area contributed by atoms with Crippen molar-refractivity contribution in [2.45, 2.75) is 12.3 Å². The molecule has 2 amide bonds. The summed E-state index contributed by atoms with van der Waals surface area (Å²) in [5.74, 6) is -1.00. The molecule has 1 heterocycles. The summed E-state index contributed by atoms with van der Waals surface area (Å²) >= 11 is 0. The van der Waals surface area contributed by atoms with Gasteiger partial charge in [-0.05, 0) is 29.8 Å². The van der Waals surface area contributed by atoms with E-state index in [1.807, 2.05) is 6.07 Å². The van der Waals surface area contributed by atoms with Gasteiger partial charge in [-0.2, -0.15) is 13.2 Å². The predicted molar refractivity (Wildman–Crippen MR) is 91.8 cm³/mol. The molecule has 0 unspecified atom stereocenters.